The van der Waals surface area contributed by atoms with Crippen LogP contribution in [-0.2, 0) is 17.9 Å². The molecule has 0 aliphatic rings. The van der Waals surface area contributed by atoms with E-state index in [1.54, 1.807) is 42.7 Å². The molecule has 0 bridgehead atoms. The number of oxazole rings is 1. The van der Waals surface area contributed by atoms with Crippen molar-refractivity contribution in [3.63, 3.8) is 0 Å². The average molecular weight is 564 g/mol. The highest BCUT2D eigenvalue weighted by Crippen LogP contribution is 2.21. The minimum Gasteiger partial charge on any atom is -0.444 e. The van der Waals surface area contributed by atoms with Crippen molar-refractivity contribution in [1.29, 1.82) is 0 Å². The fourth-order valence-electron chi connectivity index (χ4n) is 4.38. The number of benzene rings is 2. The lowest BCUT2D eigenvalue weighted by molar-refractivity contribution is -0.121. The van der Waals surface area contributed by atoms with Gasteiger partial charge in [-0.25, -0.2) is 14.4 Å². The summed E-state index contributed by atoms with van der Waals surface area (Å²) in [6.45, 7) is -0.151. The molecule has 2 aromatic carbocycles. The number of fused-ring (bicyclic) bond motifs is 1. The number of carbonyl (C=O) groups excluding carboxylic acids is 2. The number of aromatic amines is 1. The van der Waals surface area contributed by atoms with Crippen LogP contribution in [0, 0.1) is 5.82 Å². The average Bonchev–Trinajstić information content (AvgIpc) is 3.66. The van der Waals surface area contributed by atoms with Crippen molar-refractivity contribution in [1.82, 2.24) is 29.8 Å². The van der Waals surface area contributed by atoms with Gasteiger partial charge < -0.3 is 20.0 Å². The molecule has 12 heteroatoms. The Morgan fingerprint density at radius 2 is 1.83 bits per heavy atom. The molecule has 6 aromatic rings. The zero-order chi connectivity index (χ0) is 29.1. The largest absolute Gasteiger partial charge is 0.444 e. The lowest BCUT2D eigenvalue weighted by Crippen LogP contribution is -2.35. The first-order valence-electron chi connectivity index (χ1n) is 12.8. The molecule has 4 heterocycles. The van der Waals surface area contributed by atoms with Crippen LogP contribution < -0.4 is 16.2 Å². The number of rotatable bonds is 8. The summed E-state index contributed by atoms with van der Waals surface area (Å²) in [5.41, 5.74) is 1.69. The molecule has 0 unspecified atom stereocenters. The quantitative estimate of drug-likeness (QED) is 0.252. The van der Waals surface area contributed by atoms with Gasteiger partial charge in [-0.3, -0.25) is 23.9 Å². The van der Waals surface area contributed by atoms with Gasteiger partial charge in [-0.15, -0.1) is 0 Å². The Labute approximate surface area is 237 Å². The molecule has 0 aliphatic carbocycles. The van der Waals surface area contributed by atoms with E-state index in [4.69, 9.17) is 4.42 Å². The van der Waals surface area contributed by atoms with E-state index in [1.165, 1.54) is 29.0 Å². The van der Waals surface area contributed by atoms with Gasteiger partial charge in [0.25, 0.3) is 11.5 Å². The maximum Gasteiger partial charge on any atom is 0.278 e. The number of H-pyrrole nitrogens is 1. The zero-order valence-electron chi connectivity index (χ0n) is 21.9. The third-order valence-corrected chi connectivity index (χ3v) is 6.39. The van der Waals surface area contributed by atoms with Gasteiger partial charge >= 0.3 is 0 Å². The van der Waals surface area contributed by atoms with Crippen LogP contribution in [0.2, 0.25) is 0 Å². The summed E-state index contributed by atoms with van der Waals surface area (Å²) in [5, 5.41) is 6.21. The molecule has 6 rings (SSSR count). The Balaban J connectivity index is 1.23. The van der Waals surface area contributed by atoms with Crippen LogP contribution in [0.25, 0.3) is 33.7 Å². The normalized spacial score (nSPS) is 11.0. The maximum atomic E-state index is 13.6. The van der Waals surface area contributed by atoms with Gasteiger partial charge in [0.1, 0.15) is 30.1 Å². The minimum absolute atomic E-state index is 0.0394. The van der Waals surface area contributed by atoms with Crippen LogP contribution in [0.3, 0.4) is 0 Å². The summed E-state index contributed by atoms with van der Waals surface area (Å²) in [6.07, 6.45) is 5.72. The molecule has 11 nitrogen and oxygen atoms in total. The van der Waals surface area contributed by atoms with E-state index >= 15 is 0 Å². The van der Waals surface area contributed by atoms with E-state index in [9.17, 15) is 18.8 Å². The number of hydrogen-bond acceptors (Lipinski definition) is 7. The van der Waals surface area contributed by atoms with E-state index in [1.807, 2.05) is 18.2 Å². The number of aromatic nitrogens is 5. The number of halogens is 1. The fourth-order valence-corrected chi connectivity index (χ4v) is 4.38. The van der Waals surface area contributed by atoms with E-state index < -0.39 is 23.2 Å². The molecule has 42 heavy (non-hydrogen) atoms. The van der Waals surface area contributed by atoms with Gasteiger partial charge in [0.15, 0.2) is 5.69 Å². The van der Waals surface area contributed by atoms with Gasteiger partial charge in [0, 0.05) is 40.1 Å². The molecule has 3 N–H and O–H groups in total. The molecule has 0 saturated heterocycles. The Kier molecular flexibility index (Phi) is 7.08. The van der Waals surface area contributed by atoms with Crippen LogP contribution >= 0.6 is 0 Å². The van der Waals surface area contributed by atoms with Gasteiger partial charge in [-0.05, 0) is 30.3 Å². The van der Waals surface area contributed by atoms with Crippen molar-refractivity contribution in [2.75, 3.05) is 5.32 Å². The van der Waals surface area contributed by atoms with Crippen molar-refractivity contribution < 1.29 is 18.4 Å². The number of nitrogens with zero attached hydrogens (tertiary/aromatic N) is 4. The first-order chi connectivity index (χ1) is 20.4. The predicted octanol–water partition coefficient (Wildman–Crippen LogP) is 4.15. The van der Waals surface area contributed by atoms with Crippen LogP contribution in [0.5, 0.6) is 0 Å². The molecule has 0 aliphatic heterocycles. The SMILES string of the molecule is O=C(Cn1c(-c2ccccc2)ncc(NC(=O)c2coc(-c3cccc(F)c3)n2)c1=O)NCc1cc2cnccc2[nH]1. The van der Waals surface area contributed by atoms with Crippen molar-refractivity contribution in [3.05, 3.63) is 119 Å². The van der Waals surface area contributed by atoms with E-state index in [0.29, 0.717) is 11.1 Å². The van der Waals surface area contributed by atoms with Gasteiger partial charge in [-0.2, -0.15) is 0 Å². The summed E-state index contributed by atoms with van der Waals surface area (Å²) in [5.74, 6) is -1.37. The molecule has 208 valence electrons. The summed E-state index contributed by atoms with van der Waals surface area (Å²) in [6, 6.07) is 18.2. The molecule has 0 fully saturated rings. The van der Waals surface area contributed by atoms with Crippen LogP contribution in [0.4, 0.5) is 10.1 Å². The second kappa shape index (κ2) is 11.3. The second-order valence-electron chi connectivity index (χ2n) is 9.29. The van der Waals surface area contributed by atoms with Gasteiger partial charge in [0.2, 0.25) is 11.8 Å². The fraction of sp³-hybridized carbons (Fsp3) is 0.0667. The topological polar surface area (TPSA) is 148 Å². The zero-order valence-corrected chi connectivity index (χ0v) is 21.9. The first-order valence-corrected chi connectivity index (χ1v) is 12.8. The van der Waals surface area contributed by atoms with Crippen LogP contribution in [0.1, 0.15) is 16.2 Å². The van der Waals surface area contributed by atoms with Crippen molar-refractivity contribution >= 4 is 28.4 Å². The highest BCUT2D eigenvalue weighted by Gasteiger charge is 2.19. The Morgan fingerprint density at radius 3 is 2.64 bits per heavy atom. The summed E-state index contributed by atoms with van der Waals surface area (Å²) in [4.78, 5) is 55.3. The lowest BCUT2D eigenvalue weighted by atomic mass is 10.2. The third kappa shape index (κ3) is 5.54. The van der Waals surface area contributed by atoms with E-state index in [-0.39, 0.29) is 36.2 Å². The van der Waals surface area contributed by atoms with Gasteiger partial charge in [0.05, 0.1) is 12.7 Å². The van der Waals surface area contributed by atoms with Gasteiger partial charge in [-0.1, -0.05) is 36.4 Å². The highest BCUT2D eigenvalue weighted by atomic mass is 19.1. The summed E-state index contributed by atoms with van der Waals surface area (Å²) in [7, 11) is 0. The molecule has 0 spiro atoms. The third-order valence-electron chi connectivity index (χ3n) is 6.39. The molecule has 0 atom stereocenters. The Bertz CT molecular complexity index is 1950. The molecule has 0 saturated carbocycles. The number of nitrogens with one attached hydrogen (secondary N) is 3. The Morgan fingerprint density at radius 1 is 1.00 bits per heavy atom. The molecular formula is C30H22FN7O4. The number of carbonyl (C=O) groups is 2. The van der Waals surface area contributed by atoms with Crippen molar-refractivity contribution in [2.45, 2.75) is 13.1 Å². The molecular weight excluding hydrogens is 541 g/mol. The summed E-state index contributed by atoms with van der Waals surface area (Å²) >= 11 is 0. The predicted molar refractivity (Wildman–Crippen MR) is 152 cm³/mol. The van der Waals surface area contributed by atoms with Crippen molar-refractivity contribution in [3.8, 4) is 22.8 Å². The number of pyridine rings is 1. The maximum absolute atomic E-state index is 13.6. The lowest BCUT2D eigenvalue weighted by Gasteiger charge is -2.14. The monoisotopic (exact) mass is 563 g/mol. The Hall–Kier alpha value is -5.91. The summed E-state index contributed by atoms with van der Waals surface area (Å²) < 4.78 is 20.1. The molecule has 0 radical (unpaired) electrons. The standard InChI is InChI=1S/C30H22FN7O4/c31-21-8-4-7-19(11-21)29-37-25(17-42-29)28(40)36-24-15-34-27(18-5-2-1-3-6-18)38(30(24)41)16-26(39)33-14-22-12-20-13-32-10-9-23(20)35-22/h1-13,15,17,35H,14,16H2,(H,33,39)(H,36,40). The first kappa shape index (κ1) is 26.3. The molecule has 4 aromatic heterocycles. The van der Waals surface area contributed by atoms with E-state index in [2.05, 4.69) is 30.6 Å². The number of amides is 2. The van der Waals surface area contributed by atoms with Crippen LogP contribution in [-0.4, -0.2) is 36.3 Å². The number of anilines is 1. The highest BCUT2D eigenvalue weighted by molar-refractivity contribution is 6.02. The minimum atomic E-state index is -0.739. The van der Waals surface area contributed by atoms with Crippen LogP contribution in [0.15, 0.2) is 101 Å². The smallest absolute Gasteiger partial charge is 0.278 e. The second-order valence-corrected chi connectivity index (χ2v) is 9.29. The number of hydrogen-bond donors (Lipinski definition) is 3. The molecule has 2 amide bonds. The van der Waals surface area contributed by atoms with Crippen molar-refractivity contribution in [2.24, 2.45) is 0 Å². The van der Waals surface area contributed by atoms with E-state index in [0.717, 1.165) is 22.9 Å².